The van der Waals surface area contributed by atoms with Gasteiger partial charge in [-0.1, -0.05) is 18.2 Å². The van der Waals surface area contributed by atoms with E-state index in [9.17, 15) is 9.18 Å². The average molecular weight is 404 g/mol. The predicted octanol–water partition coefficient (Wildman–Crippen LogP) is 5.06. The monoisotopic (exact) mass is 404 g/mol. The van der Waals surface area contributed by atoms with E-state index in [0.717, 1.165) is 11.1 Å². The lowest BCUT2D eigenvalue weighted by atomic mass is 10.1. The summed E-state index contributed by atoms with van der Waals surface area (Å²) in [4.78, 5) is 12.8. The number of ketones is 1. The Kier molecular flexibility index (Phi) is 4.39. The molecule has 0 saturated carbocycles. The van der Waals surface area contributed by atoms with Crippen LogP contribution in [0.4, 0.5) is 4.39 Å². The maximum Gasteiger partial charge on any atom is 0.231 e. The van der Waals surface area contributed by atoms with Crippen LogP contribution >= 0.6 is 0 Å². The van der Waals surface area contributed by atoms with Crippen LogP contribution in [0.5, 0.6) is 23.0 Å². The van der Waals surface area contributed by atoms with Crippen LogP contribution in [0.2, 0.25) is 0 Å². The highest BCUT2D eigenvalue weighted by Crippen LogP contribution is 2.40. The molecule has 0 N–H and O–H groups in total. The second-order valence-corrected chi connectivity index (χ2v) is 7.04. The van der Waals surface area contributed by atoms with Crippen LogP contribution in [0.25, 0.3) is 6.08 Å². The van der Waals surface area contributed by atoms with Crippen molar-refractivity contribution in [3.63, 3.8) is 0 Å². The average Bonchev–Trinajstić information content (AvgIpc) is 3.33. The minimum atomic E-state index is -0.311. The summed E-state index contributed by atoms with van der Waals surface area (Å²) in [6, 6.07) is 15.1. The van der Waals surface area contributed by atoms with E-state index in [-0.39, 0.29) is 30.8 Å². The van der Waals surface area contributed by atoms with Gasteiger partial charge in [0.1, 0.15) is 23.9 Å². The third-order valence-electron chi connectivity index (χ3n) is 5.01. The van der Waals surface area contributed by atoms with Crippen LogP contribution in [-0.4, -0.2) is 12.6 Å². The van der Waals surface area contributed by atoms with Crippen molar-refractivity contribution < 1.29 is 28.1 Å². The second kappa shape index (κ2) is 7.22. The zero-order valence-corrected chi connectivity index (χ0v) is 16.1. The van der Waals surface area contributed by atoms with Crippen molar-refractivity contribution in [1.29, 1.82) is 0 Å². The molecule has 5 nitrogen and oxygen atoms in total. The zero-order valence-electron chi connectivity index (χ0n) is 16.1. The van der Waals surface area contributed by atoms with E-state index in [2.05, 4.69) is 0 Å². The lowest BCUT2D eigenvalue weighted by Gasteiger charge is -2.11. The molecule has 5 rings (SSSR count). The van der Waals surface area contributed by atoms with Crippen molar-refractivity contribution in [3.8, 4) is 23.0 Å². The molecular formula is C24H17FO5. The fourth-order valence-electron chi connectivity index (χ4n) is 3.47. The molecule has 2 aliphatic heterocycles. The molecular weight excluding hydrogens is 387 g/mol. The normalized spacial score (nSPS) is 15.3. The van der Waals surface area contributed by atoms with Gasteiger partial charge in [-0.15, -0.1) is 0 Å². The lowest BCUT2D eigenvalue weighted by Crippen LogP contribution is -1.98. The summed E-state index contributed by atoms with van der Waals surface area (Å²) in [6.45, 7) is 2.23. The highest BCUT2D eigenvalue weighted by atomic mass is 19.1. The fraction of sp³-hybridized carbons (Fsp3) is 0.125. The number of carbonyl (C=O) groups is 1. The summed E-state index contributed by atoms with van der Waals surface area (Å²) in [5.74, 6) is 2.09. The first kappa shape index (κ1) is 18.2. The summed E-state index contributed by atoms with van der Waals surface area (Å²) in [6.07, 6.45) is 1.68. The first-order valence-corrected chi connectivity index (χ1v) is 9.43. The van der Waals surface area contributed by atoms with Gasteiger partial charge in [0.15, 0.2) is 17.3 Å². The predicted molar refractivity (Wildman–Crippen MR) is 107 cm³/mol. The smallest absolute Gasteiger partial charge is 0.231 e. The minimum Gasteiger partial charge on any atom is -0.488 e. The standard InChI is InChI=1S/C24H17FO5/c1-14-19(27-12-16-3-2-4-17(25)9-16)8-6-18-23(26)22(30-24(14)18)11-15-5-7-20-21(10-15)29-13-28-20/h2-11H,12-13H2,1H3/b22-11-. The summed E-state index contributed by atoms with van der Waals surface area (Å²) in [5.41, 5.74) is 2.69. The van der Waals surface area contributed by atoms with Crippen LogP contribution in [0, 0.1) is 12.7 Å². The number of Topliss-reactive ketones (excluding diaryl/α,β-unsaturated/α-hetero) is 1. The van der Waals surface area contributed by atoms with Crippen molar-refractivity contribution in [1.82, 2.24) is 0 Å². The van der Waals surface area contributed by atoms with Gasteiger partial charge < -0.3 is 18.9 Å². The number of rotatable bonds is 4. The summed E-state index contributed by atoms with van der Waals surface area (Å²) in [5, 5.41) is 0. The Morgan fingerprint density at radius 1 is 1.07 bits per heavy atom. The molecule has 150 valence electrons. The number of halogens is 1. The summed E-state index contributed by atoms with van der Waals surface area (Å²) >= 11 is 0. The highest BCUT2D eigenvalue weighted by molar-refractivity contribution is 6.15. The minimum absolute atomic E-state index is 0.188. The number of allylic oxidation sites excluding steroid dienone is 1. The SMILES string of the molecule is Cc1c(OCc2cccc(F)c2)ccc2c1O/C(=C\c1ccc3c(c1)OCO3)C2=O. The van der Waals surface area contributed by atoms with Crippen molar-refractivity contribution >= 4 is 11.9 Å². The molecule has 30 heavy (non-hydrogen) atoms. The van der Waals surface area contributed by atoms with Gasteiger partial charge in [0.25, 0.3) is 0 Å². The molecule has 2 heterocycles. The van der Waals surface area contributed by atoms with E-state index in [0.29, 0.717) is 34.1 Å². The van der Waals surface area contributed by atoms with Gasteiger partial charge in [-0.2, -0.15) is 0 Å². The molecule has 0 aromatic heterocycles. The van der Waals surface area contributed by atoms with Crippen molar-refractivity contribution in [2.75, 3.05) is 6.79 Å². The molecule has 0 aliphatic carbocycles. The highest BCUT2D eigenvalue weighted by Gasteiger charge is 2.30. The molecule has 0 saturated heterocycles. The van der Waals surface area contributed by atoms with Crippen LogP contribution in [0.1, 0.15) is 27.0 Å². The summed E-state index contributed by atoms with van der Waals surface area (Å²) < 4.78 is 35.8. The van der Waals surface area contributed by atoms with Crippen molar-refractivity contribution in [2.45, 2.75) is 13.5 Å². The quantitative estimate of drug-likeness (QED) is 0.569. The third kappa shape index (κ3) is 3.26. The van der Waals surface area contributed by atoms with E-state index in [1.54, 1.807) is 42.5 Å². The van der Waals surface area contributed by atoms with E-state index in [4.69, 9.17) is 18.9 Å². The van der Waals surface area contributed by atoms with Crippen LogP contribution < -0.4 is 18.9 Å². The summed E-state index contributed by atoms with van der Waals surface area (Å²) in [7, 11) is 0. The van der Waals surface area contributed by atoms with Crippen LogP contribution in [0.15, 0.2) is 60.4 Å². The molecule has 2 aliphatic rings. The largest absolute Gasteiger partial charge is 0.488 e. The number of hydrogen-bond donors (Lipinski definition) is 0. The van der Waals surface area contributed by atoms with Gasteiger partial charge in [0, 0.05) is 5.56 Å². The third-order valence-corrected chi connectivity index (χ3v) is 5.01. The Hall–Kier alpha value is -3.80. The molecule has 0 atom stereocenters. The van der Waals surface area contributed by atoms with E-state index >= 15 is 0 Å². The van der Waals surface area contributed by atoms with Crippen LogP contribution in [0.3, 0.4) is 0 Å². The van der Waals surface area contributed by atoms with Crippen molar-refractivity contribution in [3.05, 3.63) is 88.4 Å². The maximum atomic E-state index is 13.4. The zero-order chi connectivity index (χ0) is 20.7. The van der Waals surface area contributed by atoms with Gasteiger partial charge in [-0.05, 0) is 60.5 Å². The molecule has 3 aromatic rings. The molecule has 0 fully saturated rings. The number of fused-ring (bicyclic) bond motifs is 2. The number of ether oxygens (including phenoxy) is 4. The molecule has 0 amide bonds. The number of benzene rings is 3. The van der Waals surface area contributed by atoms with E-state index < -0.39 is 0 Å². The molecule has 6 heteroatoms. The Morgan fingerprint density at radius 3 is 2.80 bits per heavy atom. The second-order valence-electron chi connectivity index (χ2n) is 7.04. The molecule has 0 bridgehead atoms. The van der Waals surface area contributed by atoms with Gasteiger partial charge in [0.2, 0.25) is 12.6 Å². The maximum absolute atomic E-state index is 13.4. The Balaban J connectivity index is 1.38. The van der Waals surface area contributed by atoms with Gasteiger partial charge >= 0.3 is 0 Å². The topological polar surface area (TPSA) is 54.0 Å². The Morgan fingerprint density at radius 2 is 1.93 bits per heavy atom. The van der Waals surface area contributed by atoms with Crippen molar-refractivity contribution in [2.24, 2.45) is 0 Å². The van der Waals surface area contributed by atoms with Gasteiger partial charge in [-0.3, -0.25) is 4.79 Å². The van der Waals surface area contributed by atoms with Gasteiger partial charge in [-0.25, -0.2) is 4.39 Å². The first-order chi connectivity index (χ1) is 14.6. The first-order valence-electron chi connectivity index (χ1n) is 9.43. The molecule has 3 aromatic carbocycles. The molecule has 0 spiro atoms. The molecule has 0 unspecified atom stereocenters. The van der Waals surface area contributed by atoms with Crippen LogP contribution in [-0.2, 0) is 6.61 Å². The Labute approximate surface area is 172 Å². The number of carbonyl (C=O) groups excluding carboxylic acids is 1. The Bertz CT molecular complexity index is 1200. The lowest BCUT2D eigenvalue weighted by molar-refractivity contribution is 0.101. The molecule has 0 radical (unpaired) electrons. The fourth-order valence-corrected chi connectivity index (χ4v) is 3.47. The number of hydrogen-bond acceptors (Lipinski definition) is 5. The van der Waals surface area contributed by atoms with E-state index in [1.807, 2.05) is 13.0 Å². The van der Waals surface area contributed by atoms with Gasteiger partial charge in [0.05, 0.1) is 5.56 Å². The van der Waals surface area contributed by atoms with E-state index in [1.165, 1.54) is 12.1 Å².